The fourth-order valence-electron chi connectivity index (χ4n) is 2.42. The lowest BCUT2D eigenvalue weighted by atomic mass is 10.1. The summed E-state index contributed by atoms with van der Waals surface area (Å²) in [6, 6.07) is 15.3. The van der Waals surface area contributed by atoms with Crippen molar-refractivity contribution in [1.29, 1.82) is 0 Å². The Bertz CT molecular complexity index is 908. The molecule has 1 heterocycles. The van der Waals surface area contributed by atoms with Crippen molar-refractivity contribution in [3.63, 3.8) is 0 Å². The van der Waals surface area contributed by atoms with E-state index in [-0.39, 0.29) is 11.7 Å². The number of halogens is 1. The van der Waals surface area contributed by atoms with Crippen LogP contribution in [0.2, 0.25) is 0 Å². The smallest absolute Gasteiger partial charge is 0.279 e. The number of carbonyl (C=O) groups excluding carboxylic acids is 1. The van der Waals surface area contributed by atoms with Crippen molar-refractivity contribution in [3.05, 3.63) is 75.7 Å². The van der Waals surface area contributed by atoms with Crippen molar-refractivity contribution in [2.75, 3.05) is 0 Å². The molecule has 0 N–H and O–H groups in total. The maximum Gasteiger partial charge on any atom is 0.279 e. The van der Waals surface area contributed by atoms with E-state index in [0.717, 1.165) is 16.1 Å². The Labute approximate surface area is 137 Å². The van der Waals surface area contributed by atoms with Gasteiger partial charge >= 0.3 is 0 Å². The maximum absolute atomic E-state index is 13.1. The first kappa shape index (κ1) is 15.4. The molecule has 3 rings (SSSR count). The molecule has 0 spiro atoms. The highest BCUT2D eigenvalue weighted by Crippen LogP contribution is 2.24. The van der Waals surface area contributed by atoms with Gasteiger partial charge in [0.25, 0.3) is 5.91 Å². The van der Waals surface area contributed by atoms with Gasteiger partial charge < -0.3 is 4.57 Å². The molecule has 1 amide bonds. The molecule has 5 heteroatoms. The zero-order chi connectivity index (χ0) is 16.4. The van der Waals surface area contributed by atoms with Crippen LogP contribution in [0.1, 0.15) is 15.2 Å². The van der Waals surface area contributed by atoms with Gasteiger partial charge in [-0.05, 0) is 48.9 Å². The molecule has 0 saturated carbocycles. The van der Waals surface area contributed by atoms with Crippen molar-refractivity contribution in [2.45, 2.75) is 6.92 Å². The minimum absolute atomic E-state index is 0.270. The Kier molecular flexibility index (Phi) is 4.21. The first-order chi connectivity index (χ1) is 11.1. The normalized spacial score (nSPS) is 11.7. The second kappa shape index (κ2) is 6.30. The van der Waals surface area contributed by atoms with Crippen molar-refractivity contribution in [2.24, 2.45) is 12.0 Å². The third-order valence-electron chi connectivity index (χ3n) is 3.54. The summed E-state index contributed by atoms with van der Waals surface area (Å²) in [5.74, 6) is -0.540. The highest BCUT2D eigenvalue weighted by atomic mass is 32.1. The molecule has 0 aliphatic heterocycles. The lowest BCUT2D eigenvalue weighted by Gasteiger charge is -2.04. The Morgan fingerprint density at radius 3 is 2.39 bits per heavy atom. The molecule has 0 atom stereocenters. The second-order valence-corrected chi connectivity index (χ2v) is 6.32. The summed E-state index contributed by atoms with van der Waals surface area (Å²) >= 11 is 1.44. The fourth-order valence-corrected chi connectivity index (χ4v) is 3.40. The zero-order valence-corrected chi connectivity index (χ0v) is 13.6. The van der Waals surface area contributed by atoms with Gasteiger partial charge in [0.05, 0.1) is 5.69 Å². The molecule has 0 saturated heterocycles. The molecule has 3 nitrogen and oxygen atoms in total. The number of hydrogen-bond acceptors (Lipinski definition) is 2. The van der Waals surface area contributed by atoms with Crippen molar-refractivity contribution >= 4 is 17.2 Å². The number of nitrogens with zero attached hydrogens (tertiary/aromatic N) is 2. The summed E-state index contributed by atoms with van der Waals surface area (Å²) < 4.78 is 15.0. The second-order valence-electron chi connectivity index (χ2n) is 5.14. The van der Waals surface area contributed by atoms with Crippen LogP contribution in [-0.2, 0) is 7.05 Å². The van der Waals surface area contributed by atoms with E-state index in [0.29, 0.717) is 10.4 Å². The van der Waals surface area contributed by atoms with Crippen molar-refractivity contribution in [3.8, 4) is 11.3 Å². The minimum Gasteiger partial charge on any atom is -0.319 e. The fraction of sp³-hybridized carbons (Fsp3) is 0.111. The summed E-state index contributed by atoms with van der Waals surface area (Å²) in [7, 11) is 1.86. The van der Waals surface area contributed by atoms with E-state index in [1.807, 2.05) is 36.7 Å². The van der Waals surface area contributed by atoms with Gasteiger partial charge in [-0.1, -0.05) is 18.2 Å². The average Bonchev–Trinajstić information content (AvgIpc) is 2.83. The van der Waals surface area contributed by atoms with Crippen LogP contribution >= 0.6 is 11.3 Å². The molecule has 116 valence electrons. The molecule has 0 aliphatic rings. The maximum atomic E-state index is 13.1. The zero-order valence-electron chi connectivity index (χ0n) is 12.8. The van der Waals surface area contributed by atoms with Gasteiger partial charge in [0.2, 0.25) is 0 Å². The van der Waals surface area contributed by atoms with Gasteiger partial charge in [0, 0.05) is 17.5 Å². The highest BCUT2D eigenvalue weighted by molar-refractivity contribution is 7.09. The summed E-state index contributed by atoms with van der Waals surface area (Å²) in [5.41, 5.74) is 2.40. The number of hydrogen-bond donors (Lipinski definition) is 0. The van der Waals surface area contributed by atoms with Gasteiger partial charge in [-0.2, -0.15) is 4.99 Å². The molecule has 23 heavy (non-hydrogen) atoms. The summed E-state index contributed by atoms with van der Waals surface area (Å²) in [5, 5.41) is 0. The first-order valence-corrected chi connectivity index (χ1v) is 7.94. The number of aryl methyl sites for hydroxylation is 1. The molecular formula is C18H15FN2OS. The van der Waals surface area contributed by atoms with E-state index in [4.69, 9.17) is 0 Å². The topological polar surface area (TPSA) is 34.4 Å². The quantitative estimate of drug-likeness (QED) is 0.702. The Morgan fingerprint density at radius 2 is 1.74 bits per heavy atom. The summed E-state index contributed by atoms with van der Waals surface area (Å²) in [4.78, 5) is 18.1. The summed E-state index contributed by atoms with van der Waals surface area (Å²) in [6.45, 7) is 1.97. The number of rotatable bonds is 2. The summed E-state index contributed by atoms with van der Waals surface area (Å²) in [6.07, 6.45) is 0. The van der Waals surface area contributed by atoms with E-state index in [2.05, 4.69) is 4.99 Å². The molecule has 0 unspecified atom stereocenters. The van der Waals surface area contributed by atoms with Crippen LogP contribution in [0.3, 0.4) is 0 Å². The van der Waals surface area contributed by atoms with Crippen LogP contribution in [0.25, 0.3) is 11.3 Å². The predicted molar refractivity (Wildman–Crippen MR) is 89.8 cm³/mol. The molecule has 0 fully saturated rings. The Hall–Kier alpha value is -2.53. The van der Waals surface area contributed by atoms with Crippen LogP contribution in [0.15, 0.2) is 59.6 Å². The molecule has 2 aromatic carbocycles. The standard InChI is InChI=1S/C18H15FN2OS/c1-12-16(13-8-10-15(19)11-9-13)21(2)18(23-12)20-17(22)14-6-4-3-5-7-14/h3-11H,1-2H3/b20-18+. The Balaban J connectivity index is 2.06. The third kappa shape index (κ3) is 3.14. The number of thiazole rings is 1. The van der Waals surface area contributed by atoms with Crippen LogP contribution in [0.5, 0.6) is 0 Å². The van der Waals surface area contributed by atoms with Gasteiger partial charge in [0.1, 0.15) is 5.82 Å². The van der Waals surface area contributed by atoms with E-state index in [9.17, 15) is 9.18 Å². The molecule has 0 radical (unpaired) electrons. The molecular weight excluding hydrogens is 311 g/mol. The van der Waals surface area contributed by atoms with Gasteiger partial charge in [-0.3, -0.25) is 4.79 Å². The lowest BCUT2D eigenvalue weighted by molar-refractivity contribution is 0.0998. The molecule has 3 aromatic rings. The van der Waals surface area contributed by atoms with E-state index in [1.54, 1.807) is 24.3 Å². The molecule has 1 aromatic heterocycles. The monoisotopic (exact) mass is 326 g/mol. The van der Waals surface area contributed by atoms with Gasteiger partial charge in [0.15, 0.2) is 4.80 Å². The van der Waals surface area contributed by atoms with E-state index in [1.165, 1.54) is 23.5 Å². The number of amides is 1. The SMILES string of the molecule is Cc1s/c(=N/C(=O)c2ccccc2)n(C)c1-c1ccc(F)cc1. The van der Waals surface area contributed by atoms with E-state index >= 15 is 0 Å². The van der Waals surface area contributed by atoms with Gasteiger partial charge in [-0.25, -0.2) is 4.39 Å². The lowest BCUT2D eigenvalue weighted by Crippen LogP contribution is -2.14. The largest absolute Gasteiger partial charge is 0.319 e. The Morgan fingerprint density at radius 1 is 1.09 bits per heavy atom. The molecule has 0 aliphatic carbocycles. The van der Waals surface area contributed by atoms with Crippen molar-refractivity contribution < 1.29 is 9.18 Å². The molecule has 0 bridgehead atoms. The van der Waals surface area contributed by atoms with E-state index < -0.39 is 0 Å². The predicted octanol–water partition coefficient (Wildman–Crippen LogP) is 3.94. The van der Waals surface area contributed by atoms with Crippen molar-refractivity contribution in [1.82, 2.24) is 4.57 Å². The van der Waals surface area contributed by atoms with Crippen LogP contribution < -0.4 is 4.80 Å². The van der Waals surface area contributed by atoms with Crippen LogP contribution in [0, 0.1) is 12.7 Å². The first-order valence-electron chi connectivity index (χ1n) is 7.13. The van der Waals surface area contributed by atoms with Gasteiger partial charge in [-0.15, -0.1) is 11.3 Å². The van der Waals surface area contributed by atoms with Crippen LogP contribution in [0.4, 0.5) is 4.39 Å². The van der Waals surface area contributed by atoms with Crippen LogP contribution in [-0.4, -0.2) is 10.5 Å². The number of benzene rings is 2. The number of carbonyl (C=O) groups is 1. The number of aromatic nitrogens is 1. The average molecular weight is 326 g/mol. The minimum atomic E-state index is -0.270. The highest BCUT2D eigenvalue weighted by Gasteiger charge is 2.11. The third-order valence-corrected chi connectivity index (χ3v) is 4.58.